The first-order chi connectivity index (χ1) is 8.40. The summed E-state index contributed by atoms with van der Waals surface area (Å²) in [6.45, 7) is 1.02. The molecule has 0 saturated heterocycles. The third kappa shape index (κ3) is 3.12. The lowest BCUT2D eigenvalue weighted by molar-refractivity contribution is -0.155. The molecule has 0 aliphatic rings. The lowest BCUT2D eigenvalue weighted by Crippen LogP contribution is -2.41. The molecule has 0 radical (unpaired) electrons. The maximum Gasteiger partial charge on any atom is 0.337 e. The molecule has 3 N–H and O–H groups in total. The van der Waals surface area contributed by atoms with Crippen LogP contribution in [0.15, 0.2) is 18.2 Å². The van der Waals surface area contributed by atoms with Gasteiger partial charge in [0, 0.05) is 6.07 Å². The average molecular weight is 250 g/mol. The Hall–Kier alpha value is -2.26. The highest BCUT2D eigenvalue weighted by Gasteiger charge is 2.29. The molecule has 1 unspecified atom stereocenters. The minimum Gasteiger partial charge on any atom is -0.495 e. The Morgan fingerprint density at radius 2 is 2.28 bits per heavy atom. The number of hydrogen-bond acceptors (Lipinski definition) is 5. The van der Waals surface area contributed by atoms with Crippen LogP contribution in [0.5, 0.6) is 5.75 Å². The van der Waals surface area contributed by atoms with Crippen molar-refractivity contribution in [1.82, 2.24) is 0 Å². The third-order valence-electron chi connectivity index (χ3n) is 2.41. The smallest absolute Gasteiger partial charge is 0.337 e. The molecule has 0 aromatic heterocycles. The molecule has 0 heterocycles. The first-order valence-electron chi connectivity index (χ1n) is 5.18. The maximum atomic E-state index is 10.7. The van der Waals surface area contributed by atoms with Crippen LogP contribution in [0.1, 0.15) is 12.5 Å². The van der Waals surface area contributed by atoms with Gasteiger partial charge in [-0.1, -0.05) is 0 Å². The maximum absolute atomic E-state index is 10.7. The number of carboxylic acids is 1. The van der Waals surface area contributed by atoms with Gasteiger partial charge in [-0.2, -0.15) is 5.26 Å². The fourth-order valence-electron chi connectivity index (χ4n) is 1.25. The zero-order chi connectivity index (χ0) is 13.8. The van der Waals surface area contributed by atoms with Crippen molar-refractivity contribution in [2.24, 2.45) is 0 Å². The van der Waals surface area contributed by atoms with Gasteiger partial charge in [0.15, 0.2) is 5.60 Å². The highest BCUT2D eigenvalue weighted by atomic mass is 16.5. The van der Waals surface area contributed by atoms with Crippen LogP contribution in [0.2, 0.25) is 0 Å². The number of nitriles is 1. The van der Waals surface area contributed by atoms with Crippen LogP contribution in [0.25, 0.3) is 0 Å². The number of aliphatic carboxylic acids is 1. The van der Waals surface area contributed by atoms with E-state index in [0.29, 0.717) is 17.0 Å². The predicted octanol–water partition coefficient (Wildman–Crippen LogP) is 0.814. The van der Waals surface area contributed by atoms with Crippen LogP contribution < -0.4 is 10.1 Å². The molecule has 1 rings (SSSR count). The quantitative estimate of drug-likeness (QED) is 0.714. The fourth-order valence-corrected chi connectivity index (χ4v) is 1.25. The largest absolute Gasteiger partial charge is 0.495 e. The van der Waals surface area contributed by atoms with Gasteiger partial charge in [0.1, 0.15) is 5.75 Å². The molecule has 0 aliphatic heterocycles. The number of nitrogens with zero attached hydrogens (tertiary/aromatic N) is 1. The van der Waals surface area contributed by atoms with Gasteiger partial charge in [0.05, 0.1) is 31.0 Å². The summed E-state index contributed by atoms with van der Waals surface area (Å²) < 4.78 is 5.07. The van der Waals surface area contributed by atoms with Crippen LogP contribution in [0, 0.1) is 11.3 Å². The summed E-state index contributed by atoms with van der Waals surface area (Å²) in [5, 5.41) is 29.8. The van der Waals surface area contributed by atoms with Crippen LogP contribution in [-0.2, 0) is 4.79 Å². The van der Waals surface area contributed by atoms with E-state index in [9.17, 15) is 9.90 Å². The van der Waals surface area contributed by atoms with E-state index < -0.39 is 11.6 Å². The Morgan fingerprint density at radius 1 is 1.61 bits per heavy atom. The molecule has 6 nitrogen and oxygen atoms in total. The van der Waals surface area contributed by atoms with Crippen molar-refractivity contribution < 1.29 is 19.7 Å². The third-order valence-corrected chi connectivity index (χ3v) is 2.41. The summed E-state index contributed by atoms with van der Waals surface area (Å²) in [6.07, 6.45) is 0. The minimum atomic E-state index is -1.88. The van der Waals surface area contributed by atoms with E-state index in [1.807, 2.05) is 6.07 Å². The first kappa shape index (κ1) is 13.8. The van der Waals surface area contributed by atoms with Gasteiger partial charge in [-0.25, -0.2) is 4.79 Å². The van der Waals surface area contributed by atoms with Gasteiger partial charge in [-0.05, 0) is 19.1 Å². The van der Waals surface area contributed by atoms with Gasteiger partial charge in [-0.3, -0.25) is 0 Å². The monoisotopic (exact) mass is 250 g/mol. The lowest BCUT2D eigenvalue weighted by Gasteiger charge is -2.20. The summed E-state index contributed by atoms with van der Waals surface area (Å²) >= 11 is 0. The molecule has 0 aliphatic carbocycles. The number of benzene rings is 1. The van der Waals surface area contributed by atoms with Crippen molar-refractivity contribution in [3.8, 4) is 11.8 Å². The van der Waals surface area contributed by atoms with E-state index in [4.69, 9.17) is 15.1 Å². The molecular weight excluding hydrogens is 236 g/mol. The van der Waals surface area contributed by atoms with E-state index in [-0.39, 0.29) is 6.54 Å². The zero-order valence-electron chi connectivity index (χ0n) is 10.1. The van der Waals surface area contributed by atoms with Crippen LogP contribution in [0.3, 0.4) is 0 Å². The van der Waals surface area contributed by atoms with Crippen LogP contribution in [-0.4, -0.2) is 35.4 Å². The van der Waals surface area contributed by atoms with E-state index in [1.54, 1.807) is 12.1 Å². The highest BCUT2D eigenvalue weighted by molar-refractivity contribution is 5.77. The van der Waals surface area contributed by atoms with Crippen molar-refractivity contribution >= 4 is 11.7 Å². The van der Waals surface area contributed by atoms with Crippen LogP contribution in [0.4, 0.5) is 5.69 Å². The number of hydrogen-bond donors (Lipinski definition) is 3. The Morgan fingerprint density at radius 3 is 2.78 bits per heavy atom. The normalized spacial score (nSPS) is 13.2. The fraction of sp³-hybridized carbons (Fsp3) is 0.333. The van der Waals surface area contributed by atoms with Gasteiger partial charge in [0.2, 0.25) is 0 Å². The second kappa shape index (κ2) is 5.38. The van der Waals surface area contributed by atoms with E-state index in [2.05, 4.69) is 5.32 Å². The number of carboxylic acid groups (broad SMARTS) is 1. The van der Waals surface area contributed by atoms with Gasteiger partial charge in [-0.15, -0.1) is 0 Å². The van der Waals surface area contributed by atoms with Gasteiger partial charge < -0.3 is 20.3 Å². The van der Waals surface area contributed by atoms with Crippen molar-refractivity contribution in [2.75, 3.05) is 19.0 Å². The highest BCUT2D eigenvalue weighted by Crippen LogP contribution is 2.25. The van der Waals surface area contributed by atoms with Gasteiger partial charge in [0.25, 0.3) is 0 Å². The lowest BCUT2D eigenvalue weighted by atomic mass is 10.1. The summed E-state index contributed by atoms with van der Waals surface area (Å²) in [5.74, 6) is -0.905. The van der Waals surface area contributed by atoms with Crippen molar-refractivity contribution in [3.63, 3.8) is 0 Å². The van der Waals surface area contributed by atoms with E-state index >= 15 is 0 Å². The van der Waals surface area contributed by atoms with Crippen molar-refractivity contribution in [3.05, 3.63) is 23.8 Å². The molecule has 1 atom stereocenters. The van der Waals surface area contributed by atoms with Gasteiger partial charge >= 0.3 is 5.97 Å². The second-order valence-electron chi connectivity index (χ2n) is 3.96. The molecule has 0 amide bonds. The van der Waals surface area contributed by atoms with Crippen LogP contribution >= 0.6 is 0 Å². The van der Waals surface area contributed by atoms with Crippen molar-refractivity contribution in [2.45, 2.75) is 12.5 Å². The summed E-state index contributed by atoms with van der Waals surface area (Å²) in [6, 6.07) is 6.66. The molecule has 0 fully saturated rings. The predicted molar refractivity (Wildman–Crippen MR) is 64.5 cm³/mol. The Bertz CT molecular complexity index is 491. The summed E-state index contributed by atoms with van der Waals surface area (Å²) in [7, 11) is 1.44. The molecule has 0 bridgehead atoms. The Balaban J connectivity index is 2.86. The number of nitrogens with one attached hydrogen (secondary N) is 1. The summed E-state index contributed by atoms with van der Waals surface area (Å²) in [4.78, 5) is 10.7. The van der Waals surface area contributed by atoms with Crippen molar-refractivity contribution in [1.29, 1.82) is 5.26 Å². The number of aliphatic hydroxyl groups is 1. The van der Waals surface area contributed by atoms with E-state index in [1.165, 1.54) is 20.1 Å². The molecule has 6 heteroatoms. The SMILES string of the molecule is COc1cc(C#N)ccc1NCC(C)(O)C(=O)O. The molecule has 0 spiro atoms. The average Bonchev–Trinajstić information content (AvgIpc) is 2.35. The Kier molecular flexibility index (Phi) is 4.13. The number of rotatable bonds is 5. The molecule has 0 saturated carbocycles. The topological polar surface area (TPSA) is 103 Å². The number of ether oxygens (including phenoxy) is 1. The van der Waals surface area contributed by atoms with E-state index in [0.717, 1.165) is 0 Å². The minimum absolute atomic E-state index is 0.176. The molecule has 96 valence electrons. The Labute approximate surface area is 104 Å². The number of methoxy groups -OCH3 is 1. The zero-order valence-corrected chi connectivity index (χ0v) is 10.1. The molecule has 1 aromatic rings. The number of anilines is 1. The standard InChI is InChI=1S/C12H14N2O4/c1-12(17,11(15)16)7-14-9-4-3-8(6-13)5-10(9)18-2/h3-5,14,17H,7H2,1-2H3,(H,15,16). The first-order valence-corrected chi connectivity index (χ1v) is 5.18. The second-order valence-corrected chi connectivity index (χ2v) is 3.96. The number of carbonyl (C=O) groups is 1. The summed E-state index contributed by atoms with van der Waals surface area (Å²) in [5.41, 5.74) is -0.931. The molecule has 1 aromatic carbocycles. The molecular formula is C12H14N2O4. The molecule has 18 heavy (non-hydrogen) atoms.